The molecular weight excluding hydrogens is 310 g/mol. The number of ether oxygens (including phenoxy) is 2. The van der Waals surface area contributed by atoms with E-state index in [1.54, 1.807) is 45.0 Å². The van der Waals surface area contributed by atoms with Crippen molar-refractivity contribution in [2.45, 2.75) is 40.2 Å². The molecule has 0 heterocycles. The summed E-state index contributed by atoms with van der Waals surface area (Å²) < 4.78 is 10.3. The lowest BCUT2D eigenvalue weighted by Crippen LogP contribution is -2.52. The minimum absolute atomic E-state index is 0.127. The molecule has 0 aliphatic carbocycles. The second kappa shape index (κ2) is 9.05. The lowest BCUT2D eigenvalue weighted by atomic mass is 9.74. The van der Waals surface area contributed by atoms with Crippen molar-refractivity contribution in [1.29, 1.82) is 0 Å². The molecule has 0 spiro atoms. The van der Waals surface area contributed by atoms with E-state index >= 15 is 0 Å². The quantitative estimate of drug-likeness (QED) is 0.583. The van der Waals surface area contributed by atoms with E-state index in [1.807, 2.05) is 6.07 Å². The van der Waals surface area contributed by atoms with Gasteiger partial charge in [0.25, 0.3) is 0 Å². The van der Waals surface area contributed by atoms with Gasteiger partial charge in [-0.2, -0.15) is 0 Å². The fourth-order valence-electron chi connectivity index (χ4n) is 2.67. The van der Waals surface area contributed by atoms with Gasteiger partial charge >= 0.3 is 11.9 Å². The molecule has 24 heavy (non-hydrogen) atoms. The molecule has 6 heteroatoms. The largest absolute Gasteiger partial charge is 0.465 e. The minimum atomic E-state index is -1.64. The van der Waals surface area contributed by atoms with Crippen LogP contribution in [0.15, 0.2) is 30.3 Å². The first-order valence-corrected chi connectivity index (χ1v) is 8.10. The predicted octanol–water partition coefficient (Wildman–Crippen LogP) is 2.39. The molecule has 0 bridgehead atoms. The smallest absolute Gasteiger partial charge is 0.325 e. The average Bonchev–Trinajstić information content (AvgIpc) is 2.56. The molecule has 0 fully saturated rings. The molecule has 0 radical (unpaired) electrons. The Hall–Kier alpha value is -2.37. The molecule has 0 aliphatic rings. The first-order valence-electron chi connectivity index (χ1n) is 8.10. The van der Waals surface area contributed by atoms with Crippen LogP contribution in [0.1, 0.15) is 45.7 Å². The number of hydrogen-bond acceptors (Lipinski definition) is 5. The summed E-state index contributed by atoms with van der Waals surface area (Å²) in [7, 11) is 0. The van der Waals surface area contributed by atoms with Crippen molar-refractivity contribution in [3.63, 3.8) is 0 Å². The van der Waals surface area contributed by atoms with Crippen molar-refractivity contribution in [3.05, 3.63) is 35.9 Å². The lowest BCUT2D eigenvalue weighted by Gasteiger charge is -2.36. The zero-order valence-electron chi connectivity index (χ0n) is 14.6. The molecule has 6 nitrogen and oxygen atoms in total. The Morgan fingerprint density at radius 3 is 1.88 bits per heavy atom. The number of rotatable bonds is 8. The Labute approximate surface area is 142 Å². The number of amides is 1. The van der Waals surface area contributed by atoms with E-state index in [2.05, 4.69) is 5.32 Å². The summed E-state index contributed by atoms with van der Waals surface area (Å²) in [5.41, 5.74) is -1.00. The molecule has 0 saturated carbocycles. The van der Waals surface area contributed by atoms with E-state index in [0.29, 0.717) is 5.56 Å². The predicted molar refractivity (Wildman–Crippen MR) is 89.0 cm³/mol. The molecule has 1 unspecified atom stereocenters. The first kappa shape index (κ1) is 19.7. The van der Waals surface area contributed by atoms with Gasteiger partial charge in [-0.15, -0.1) is 0 Å². The van der Waals surface area contributed by atoms with Crippen molar-refractivity contribution in [2.75, 3.05) is 13.2 Å². The highest BCUT2D eigenvalue weighted by Gasteiger charge is 2.54. The van der Waals surface area contributed by atoms with Gasteiger partial charge in [0.2, 0.25) is 5.91 Å². The van der Waals surface area contributed by atoms with Gasteiger partial charge in [-0.05, 0) is 25.8 Å². The molecule has 0 aliphatic heterocycles. The average molecular weight is 335 g/mol. The Morgan fingerprint density at radius 1 is 1.00 bits per heavy atom. The first-order chi connectivity index (χ1) is 11.4. The van der Waals surface area contributed by atoms with Crippen molar-refractivity contribution in [1.82, 2.24) is 5.32 Å². The highest BCUT2D eigenvalue weighted by molar-refractivity contribution is 6.01. The molecule has 1 rings (SSSR count). The van der Waals surface area contributed by atoms with Crippen LogP contribution in [0.3, 0.4) is 0 Å². The standard InChI is InChI=1S/C18H25NO5/c1-5-18(16(21)23-6-2,17(22)24-7-3)15(19-13(4)20)14-11-9-8-10-12-14/h8-12,15H,5-7H2,1-4H3,(H,19,20). The van der Waals surface area contributed by atoms with Gasteiger partial charge in [-0.3, -0.25) is 14.4 Å². The van der Waals surface area contributed by atoms with E-state index in [0.717, 1.165) is 0 Å². The molecule has 0 aromatic heterocycles. The van der Waals surface area contributed by atoms with Gasteiger partial charge in [-0.1, -0.05) is 37.3 Å². The van der Waals surface area contributed by atoms with Crippen LogP contribution in [0.4, 0.5) is 0 Å². The number of benzene rings is 1. The lowest BCUT2D eigenvalue weighted by molar-refractivity contribution is -0.175. The minimum Gasteiger partial charge on any atom is -0.465 e. The van der Waals surface area contributed by atoms with Gasteiger partial charge < -0.3 is 14.8 Å². The fourth-order valence-corrected chi connectivity index (χ4v) is 2.67. The highest BCUT2D eigenvalue weighted by atomic mass is 16.6. The SMILES string of the molecule is CCOC(=O)C(CC)(C(=O)OCC)C(NC(C)=O)c1ccccc1. The van der Waals surface area contributed by atoms with E-state index in [9.17, 15) is 14.4 Å². The number of carbonyl (C=O) groups excluding carboxylic acids is 3. The summed E-state index contributed by atoms with van der Waals surface area (Å²) in [6.07, 6.45) is 0.129. The monoisotopic (exact) mass is 335 g/mol. The summed E-state index contributed by atoms with van der Waals surface area (Å²) in [5.74, 6) is -1.75. The second-order valence-corrected chi connectivity index (χ2v) is 5.31. The number of esters is 2. The van der Waals surface area contributed by atoms with Crippen LogP contribution in [0, 0.1) is 5.41 Å². The van der Waals surface area contributed by atoms with Crippen molar-refractivity contribution in [3.8, 4) is 0 Å². The number of nitrogens with one attached hydrogen (secondary N) is 1. The topological polar surface area (TPSA) is 81.7 Å². The molecule has 1 aromatic rings. The van der Waals surface area contributed by atoms with Crippen LogP contribution < -0.4 is 5.32 Å². The molecule has 1 atom stereocenters. The third-order valence-electron chi connectivity index (χ3n) is 3.81. The maximum Gasteiger partial charge on any atom is 0.325 e. The molecule has 132 valence electrons. The van der Waals surface area contributed by atoms with Crippen LogP contribution in [0.5, 0.6) is 0 Å². The third-order valence-corrected chi connectivity index (χ3v) is 3.81. The molecular formula is C18H25NO5. The van der Waals surface area contributed by atoms with Crippen LogP contribution in [-0.2, 0) is 23.9 Å². The third kappa shape index (κ3) is 4.13. The second-order valence-electron chi connectivity index (χ2n) is 5.31. The number of hydrogen-bond donors (Lipinski definition) is 1. The van der Waals surface area contributed by atoms with Gasteiger partial charge in [0.1, 0.15) is 0 Å². The molecule has 1 amide bonds. The Balaban J connectivity index is 3.51. The van der Waals surface area contributed by atoms with Gasteiger partial charge in [-0.25, -0.2) is 0 Å². The Bertz CT molecular complexity index is 552. The number of carbonyl (C=O) groups is 3. The Morgan fingerprint density at radius 2 is 1.50 bits per heavy atom. The zero-order chi connectivity index (χ0) is 18.2. The zero-order valence-corrected chi connectivity index (χ0v) is 14.6. The van der Waals surface area contributed by atoms with Crippen LogP contribution in [0.25, 0.3) is 0 Å². The summed E-state index contributed by atoms with van der Waals surface area (Å²) in [6.45, 7) is 6.63. The fraction of sp³-hybridized carbons (Fsp3) is 0.500. The van der Waals surface area contributed by atoms with E-state index in [4.69, 9.17) is 9.47 Å². The van der Waals surface area contributed by atoms with E-state index < -0.39 is 23.4 Å². The maximum absolute atomic E-state index is 12.7. The summed E-state index contributed by atoms with van der Waals surface area (Å²) in [4.78, 5) is 37.2. The maximum atomic E-state index is 12.7. The van der Waals surface area contributed by atoms with Gasteiger partial charge in [0.15, 0.2) is 5.41 Å². The molecule has 1 N–H and O–H groups in total. The summed E-state index contributed by atoms with van der Waals surface area (Å²) in [5, 5.41) is 2.73. The highest BCUT2D eigenvalue weighted by Crippen LogP contribution is 2.40. The van der Waals surface area contributed by atoms with Crippen LogP contribution in [0.2, 0.25) is 0 Å². The van der Waals surface area contributed by atoms with Crippen LogP contribution >= 0.6 is 0 Å². The molecule has 0 saturated heterocycles. The van der Waals surface area contributed by atoms with Crippen molar-refractivity contribution in [2.24, 2.45) is 5.41 Å². The Kier molecular flexibility index (Phi) is 7.42. The summed E-state index contributed by atoms with van der Waals surface area (Å²) >= 11 is 0. The van der Waals surface area contributed by atoms with Gasteiger partial charge in [0.05, 0.1) is 19.3 Å². The van der Waals surface area contributed by atoms with Crippen molar-refractivity contribution < 1.29 is 23.9 Å². The summed E-state index contributed by atoms with van der Waals surface area (Å²) in [6, 6.07) is 8.00. The molecule has 1 aromatic carbocycles. The van der Waals surface area contributed by atoms with Crippen LogP contribution in [-0.4, -0.2) is 31.1 Å². The van der Waals surface area contributed by atoms with E-state index in [-0.39, 0.29) is 25.5 Å². The normalized spacial score (nSPS) is 12.2. The van der Waals surface area contributed by atoms with Gasteiger partial charge in [0, 0.05) is 6.92 Å². The van der Waals surface area contributed by atoms with E-state index in [1.165, 1.54) is 6.92 Å². The van der Waals surface area contributed by atoms with Crippen molar-refractivity contribution >= 4 is 17.8 Å².